The predicted molar refractivity (Wildman–Crippen MR) is 118 cm³/mol. The average Bonchev–Trinajstić information content (AvgIpc) is 3.21. The number of allylic oxidation sites excluding steroid dienone is 5. The molecule has 1 atom stereocenters. The van der Waals surface area contributed by atoms with Crippen molar-refractivity contribution in [3.63, 3.8) is 0 Å². The SMILES string of the molecule is C\C=C/C=C\C(C)=N\C(=C/C)[C@]1(CN2Cc3ccc(OC)cc3C2=O)NC(=O)NC1=O. The Balaban J connectivity index is 1.95. The van der Waals surface area contributed by atoms with Gasteiger partial charge in [0, 0.05) is 17.8 Å². The lowest BCUT2D eigenvalue weighted by atomic mass is 9.94. The number of rotatable bonds is 7. The molecule has 162 valence electrons. The second-order valence-corrected chi connectivity index (χ2v) is 7.31. The van der Waals surface area contributed by atoms with E-state index in [1.165, 1.54) is 7.11 Å². The Bertz CT molecular complexity index is 1040. The van der Waals surface area contributed by atoms with Crippen LogP contribution in [0.2, 0.25) is 0 Å². The zero-order chi connectivity index (χ0) is 22.6. The van der Waals surface area contributed by atoms with E-state index in [9.17, 15) is 14.4 Å². The molecule has 2 aliphatic heterocycles. The van der Waals surface area contributed by atoms with Gasteiger partial charge >= 0.3 is 6.03 Å². The highest BCUT2D eigenvalue weighted by molar-refractivity contribution is 6.10. The minimum atomic E-state index is -1.48. The molecule has 2 aliphatic rings. The van der Waals surface area contributed by atoms with Crippen LogP contribution >= 0.6 is 0 Å². The number of amides is 4. The standard InChI is InChI=1S/C23H26N4O4/c1-5-7-8-9-15(3)24-19(6-2)23(21(29)25-22(30)26-23)14-27-13-16-10-11-17(31-4)12-18(16)20(27)28/h5-12H,13-14H2,1-4H3,(H2,25,26,29,30)/b7-5-,9-8-,19-6-,24-15+/t23-/m0/s1. The number of hydrogen-bond donors (Lipinski definition) is 2. The van der Waals surface area contributed by atoms with Gasteiger partial charge in [-0.3, -0.25) is 19.9 Å². The highest BCUT2D eigenvalue weighted by atomic mass is 16.5. The summed E-state index contributed by atoms with van der Waals surface area (Å²) in [6.45, 7) is 5.73. The van der Waals surface area contributed by atoms with Crippen LogP contribution in [0.25, 0.3) is 0 Å². The van der Waals surface area contributed by atoms with Crippen LogP contribution in [0.15, 0.2) is 59.3 Å². The van der Waals surface area contributed by atoms with Crippen molar-refractivity contribution in [3.8, 4) is 5.75 Å². The Labute approximate surface area is 181 Å². The van der Waals surface area contributed by atoms with Crippen LogP contribution in [0.1, 0.15) is 36.7 Å². The summed E-state index contributed by atoms with van der Waals surface area (Å²) in [5.74, 6) is -0.190. The van der Waals surface area contributed by atoms with Gasteiger partial charge in [-0.2, -0.15) is 0 Å². The first kappa shape index (κ1) is 22.0. The van der Waals surface area contributed by atoms with Gasteiger partial charge in [0.1, 0.15) is 5.75 Å². The van der Waals surface area contributed by atoms with Gasteiger partial charge in [-0.15, -0.1) is 0 Å². The van der Waals surface area contributed by atoms with Gasteiger partial charge in [-0.1, -0.05) is 30.4 Å². The number of fused-ring (bicyclic) bond motifs is 1. The van der Waals surface area contributed by atoms with E-state index in [-0.39, 0.29) is 12.5 Å². The van der Waals surface area contributed by atoms with E-state index in [1.807, 2.05) is 31.2 Å². The molecule has 0 saturated carbocycles. The fourth-order valence-electron chi connectivity index (χ4n) is 3.69. The number of imide groups is 1. The molecule has 1 saturated heterocycles. The van der Waals surface area contributed by atoms with E-state index in [2.05, 4.69) is 15.6 Å². The zero-order valence-corrected chi connectivity index (χ0v) is 18.1. The number of hydrogen-bond acceptors (Lipinski definition) is 5. The predicted octanol–water partition coefficient (Wildman–Crippen LogP) is 2.73. The van der Waals surface area contributed by atoms with Crippen LogP contribution in [0.3, 0.4) is 0 Å². The number of carbonyl (C=O) groups is 3. The molecule has 0 aliphatic carbocycles. The maximum atomic E-state index is 13.0. The summed E-state index contributed by atoms with van der Waals surface area (Å²) in [6.07, 6.45) is 9.06. The Morgan fingerprint density at radius 2 is 2.03 bits per heavy atom. The Kier molecular flexibility index (Phi) is 6.39. The zero-order valence-electron chi connectivity index (χ0n) is 18.1. The molecule has 2 N–H and O–H groups in total. The average molecular weight is 422 g/mol. The lowest BCUT2D eigenvalue weighted by Gasteiger charge is -2.31. The number of urea groups is 1. The molecule has 8 heteroatoms. The van der Waals surface area contributed by atoms with Crippen molar-refractivity contribution < 1.29 is 19.1 Å². The third-order valence-electron chi connectivity index (χ3n) is 5.21. The van der Waals surface area contributed by atoms with Crippen LogP contribution in [0.4, 0.5) is 4.79 Å². The van der Waals surface area contributed by atoms with Crippen molar-refractivity contribution in [1.82, 2.24) is 15.5 Å². The summed E-state index contributed by atoms with van der Waals surface area (Å²) in [6, 6.07) is 4.68. The molecule has 0 unspecified atom stereocenters. The molecule has 31 heavy (non-hydrogen) atoms. The van der Waals surface area contributed by atoms with Crippen molar-refractivity contribution in [3.05, 3.63) is 65.4 Å². The molecule has 1 aromatic carbocycles. The lowest BCUT2D eigenvalue weighted by Crippen LogP contribution is -2.56. The molecular weight excluding hydrogens is 396 g/mol. The summed E-state index contributed by atoms with van der Waals surface area (Å²) >= 11 is 0. The highest BCUT2D eigenvalue weighted by Crippen LogP contribution is 2.31. The molecule has 4 amide bonds. The summed E-state index contributed by atoms with van der Waals surface area (Å²) in [5.41, 5.74) is 0.889. The third-order valence-corrected chi connectivity index (χ3v) is 5.21. The number of carbonyl (C=O) groups excluding carboxylic acids is 3. The van der Waals surface area contributed by atoms with E-state index < -0.39 is 17.5 Å². The van der Waals surface area contributed by atoms with Crippen molar-refractivity contribution in [2.45, 2.75) is 32.9 Å². The summed E-state index contributed by atoms with van der Waals surface area (Å²) in [7, 11) is 1.54. The van der Waals surface area contributed by atoms with Crippen LogP contribution < -0.4 is 15.4 Å². The van der Waals surface area contributed by atoms with Crippen molar-refractivity contribution in [2.75, 3.05) is 13.7 Å². The van der Waals surface area contributed by atoms with Crippen LogP contribution in [-0.2, 0) is 11.3 Å². The molecule has 8 nitrogen and oxygen atoms in total. The normalized spacial score (nSPS) is 21.8. The minimum absolute atomic E-state index is 0.0462. The van der Waals surface area contributed by atoms with E-state index >= 15 is 0 Å². The highest BCUT2D eigenvalue weighted by Gasteiger charge is 2.52. The van der Waals surface area contributed by atoms with E-state index in [0.29, 0.717) is 29.3 Å². The van der Waals surface area contributed by atoms with Crippen molar-refractivity contribution >= 4 is 23.6 Å². The molecule has 0 bridgehead atoms. The van der Waals surface area contributed by atoms with Crippen LogP contribution in [0, 0.1) is 0 Å². The first-order valence-electron chi connectivity index (χ1n) is 9.96. The smallest absolute Gasteiger partial charge is 0.322 e. The van der Waals surface area contributed by atoms with Crippen molar-refractivity contribution in [1.29, 1.82) is 0 Å². The number of benzene rings is 1. The van der Waals surface area contributed by atoms with Gasteiger partial charge in [-0.05, 0) is 44.5 Å². The number of nitrogens with one attached hydrogen (secondary N) is 2. The Morgan fingerprint density at radius 1 is 1.26 bits per heavy atom. The van der Waals surface area contributed by atoms with Gasteiger partial charge in [0.15, 0.2) is 5.54 Å². The fraction of sp³-hybridized carbons (Fsp3) is 0.304. The molecular formula is C23H26N4O4. The molecule has 2 heterocycles. The molecule has 0 radical (unpaired) electrons. The van der Waals surface area contributed by atoms with Gasteiger partial charge in [0.2, 0.25) is 0 Å². The maximum Gasteiger partial charge on any atom is 0.322 e. The maximum absolute atomic E-state index is 13.0. The quantitative estimate of drug-likeness (QED) is 0.401. The largest absolute Gasteiger partial charge is 0.497 e. The van der Waals surface area contributed by atoms with Crippen LogP contribution in [0.5, 0.6) is 5.75 Å². The summed E-state index contributed by atoms with van der Waals surface area (Å²) in [4.78, 5) is 44.2. The van der Waals surface area contributed by atoms with Gasteiger partial charge in [-0.25, -0.2) is 4.79 Å². The lowest BCUT2D eigenvalue weighted by molar-refractivity contribution is -0.123. The molecule has 1 fully saturated rings. The molecule has 0 spiro atoms. The van der Waals surface area contributed by atoms with Gasteiger partial charge in [0.05, 0.1) is 19.4 Å². The Morgan fingerprint density at radius 3 is 2.65 bits per heavy atom. The first-order chi connectivity index (χ1) is 14.8. The van der Waals surface area contributed by atoms with Gasteiger partial charge in [0.25, 0.3) is 11.8 Å². The summed E-state index contributed by atoms with van der Waals surface area (Å²) in [5, 5.41) is 5.00. The second-order valence-electron chi connectivity index (χ2n) is 7.31. The monoisotopic (exact) mass is 422 g/mol. The second kappa shape index (κ2) is 8.99. The molecule has 0 aromatic heterocycles. The van der Waals surface area contributed by atoms with E-state index in [4.69, 9.17) is 4.74 Å². The van der Waals surface area contributed by atoms with Crippen molar-refractivity contribution in [2.24, 2.45) is 4.99 Å². The van der Waals surface area contributed by atoms with E-state index in [0.717, 1.165) is 5.56 Å². The minimum Gasteiger partial charge on any atom is -0.497 e. The molecule has 1 aromatic rings. The molecule has 3 rings (SSSR count). The number of ether oxygens (including phenoxy) is 1. The van der Waals surface area contributed by atoms with Crippen LogP contribution in [-0.4, -0.2) is 47.7 Å². The number of aliphatic imine (C=N–C) groups is 1. The Hall–Kier alpha value is -3.68. The number of nitrogens with zero attached hydrogens (tertiary/aromatic N) is 2. The first-order valence-corrected chi connectivity index (χ1v) is 9.96. The number of methoxy groups -OCH3 is 1. The van der Waals surface area contributed by atoms with Gasteiger partial charge < -0.3 is 15.0 Å². The third kappa shape index (κ3) is 4.28. The topological polar surface area (TPSA) is 100 Å². The van der Waals surface area contributed by atoms with E-state index in [1.54, 1.807) is 43.0 Å². The summed E-state index contributed by atoms with van der Waals surface area (Å²) < 4.78 is 5.22. The fourth-order valence-corrected chi connectivity index (χ4v) is 3.69.